The number of benzene rings is 1. The predicted molar refractivity (Wildman–Crippen MR) is 86.2 cm³/mol. The number of nitrogens with two attached hydrogens (primary N) is 1. The van der Waals surface area contributed by atoms with Crippen LogP contribution < -0.4 is 15.8 Å². The van der Waals surface area contributed by atoms with Crippen molar-refractivity contribution in [3.05, 3.63) is 23.8 Å². The van der Waals surface area contributed by atoms with Gasteiger partial charge in [-0.2, -0.15) is 0 Å². The van der Waals surface area contributed by atoms with Gasteiger partial charge in [-0.05, 0) is 37.5 Å². The summed E-state index contributed by atoms with van der Waals surface area (Å²) in [6, 6.07) is 5.62. The topological polar surface area (TPSA) is 64.3 Å². The van der Waals surface area contributed by atoms with Gasteiger partial charge in [0.15, 0.2) is 0 Å². The molecule has 0 aliphatic carbocycles. The molecule has 20 heavy (non-hydrogen) atoms. The number of amides is 1. The number of carbonyl (C=O) groups excluding carboxylic acids is 1. The largest absolute Gasteiger partial charge is 0.495 e. The molecule has 5 heteroatoms. The molecule has 1 rings (SSSR count). The zero-order chi connectivity index (χ0) is 15.3. The number of carbonyl (C=O) groups is 1. The fraction of sp³-hybridized carbons (Fsp3) is 0.467. The molecular formula is C15H22N2O2S. The van der Waals surface area contributed by atoms with Crippen molar-refractivity contribution >= 4 is 28.8 Å². The van der Waals surface area contributed by atoms with Gasteiger partial charge in [0.05, 0.1) is 23.2 Å². The first-order valence-corrected chi connectivity index (χ1v) is 7.08. The molecule has 3 N–H and O–H groups in total. The van der Waals surface area contributed by atoms with E-state index in [1.165, 1.54) is 0 Å². The van der Waals surface area contributed by atoms with Crippen LogP contribution in [0.4, 0.5) is 5.69 Å². The molecule has 0 radical (unpaired) electrons. The van der Waals surface area contributed by atoms with E-state index in [-0.39, 0.29) is 10.9 Å². The Morgan fingerprint density at radius 3 is 2.45 bits per heavy atom. The molecule has 0 aliphatic rings. The first-order chi connectivity index (χ1) is 9.41. The van der Waals surface area contributed by atoms with Gasteiger partial charge in [0.2, 0.25) is 5.91 Å². The van der Waals surface area contributed by atoms with Crippen molar-refractivity contribution < 1.29 is 9.53 Å². The number of hydrogen-bond donors (Lipinski definition) is 2. The van der Waals surface area contributed by atoms with Crippen molar-refractivity contribution in [2.75, 3.05) is 12.4 Å². The number of ether oxygens (including phenoxy) is 1. The fourth-order valence-corrected chi connectivity index (χ4v) is 2.57. The molecule has 0 saturated carbocycles. The zero-order valence-corrected chi connectivity index (χ0v) is 13.3. The van der Waals surface area contributed by atoms with Crippen LogP contribution in [0.15, 0.2) is 18.2 Å². The average molecular weight is 294 g/mol. The Labute approximate surface area is 125 Å². The van der Waals surface area contributed by atoms with Crippen molar-refractivity contribution in [3.8, 4) is 5.75 Å². The number of rotatable bonds is 6. The average Bonchev–Trinajstić information content (AvgIpc) is 2.40. The molecule has 0 aliphatic heterocycles. The first-order valence-electron chi connectivity index (χ1n) is 6.67. The molecule has 0 spiro atoms. The lowest BCUT2D eigenvalue weighted by atomic mass is 9.81. The third kappa shape index (κ3) is 3.10. The summed E-state index contributed by atoms with van der Waals surface area (Å²) < 4.78 is 5.26. The molecule has 0 bridgehead atoms. The minimum atomic E-state index is -0.815. The normalized spacial score (nSPS) is 11.0. The van der Waals surface area contributed by atoms with Crippen LogP contribution in [0, 0.1) is 12.3 Å². The Morgan fingerprint density at radius 1 is 1.40 bits per heavy atom. The van der Waals surface area contributed by atoms with Crippen LogP contribution in [0.1, 0.15) is 32.3 Å². The van der Waals surface area contributed by atoms with Crippen molar-refractivity contribution in [2.45, 2.75) is 33.6 Å². The van der Waals surface area contributed by atoms with Gasteiger partial charge in [-0.1, -0.05) is 32.1 Å². The van der Waals surface area contributed by atoms with Crippen molar-refractivity contribution in [1.29, 1.82) is 0 Å². The smallest absolute Gasteiger partial charge is 0.237 e. The van der Waals surface area contributed by atoms with Crippen LogP contribution in [0.3, 0.4) is 0 Å². The molecule has 110 valence electrons. The lowest BCUT2D eigenvalue weighted by Crippen LogP contribution is -2.45. The molecule has 0 fully saturated rings. The van der Waals surface area contributed by atoms with Gasteiger partial charge in [0.1, 0.15) is 5.75 Å². The Hall–Kier alpha value is -1.62. The van der Waals surface area contributed by atoms with Gasteiger partial charge in [0.25, 0.3) is 0 Å². The molecule has 0 aromatic heterocycles. The summed E-state index contributed by atoms with van der Waals surface area (Å²) in [5.74, 6) is 0.437. The van der Waals surface area contributed by atoms with Crippen LogP contribution in [-0.2, 0) is 4.79 Å². The second kappa shape index (κ2) is 6.70. The number of thiocarbonyl (C=S) groups is 1. The zero-order valence-electron chi connectivity index (χ0n) is 12.4. The van der Waals surface area contributed by atoms with Crippen LogP contribution in [0.25, 0.3) is 0 Å². The van der Waals surface area contributed by atoms with Crippen molar-refractivity contribution in [3.63, 3.8) is 0 Å². The summed E-state index contributed by atoms with van der Waals surface area (Å²) in [5, 5.41) is 2.89. The molecule has 4 nitrogen and oxygen atoms in total. The van der Waals surface area contributed by atoms with E-state index in [0.717, 1.165) is 5.56 Å². The van der Waals surface area contributed by atoms with E-state index in [1.807, 2.05) is 39.0 Å². The van der Waals surface area contributed by atoms with Gasteiger partial charge in [-0.3, -0.25) is 4.79 Å². The van der Waals surface area contributed by atoms with Gasteiger partial charge in [-0.15, -0.1) is 0 Å². The summed E-state index contributed by atoms with van der Waals surface area (Å²) in [6.45, 7) is 5.78. The van der Waals surface area contributed by atoms with E-state index in [4.69, 9.17) is 22.7 Å². The Morgan fingerprint density at radius 2 is 2.00 bits per heavy atom. The third-order valence-electron chi connectivity index (χ3n) is 3.72. The van der Waals surface area contributed by atoms with E-state index >= 15 is 0 Å². The lowest BCUT2D eigenvalue weighted by Gasteiger charge is -2.29. The van der Waals surface area contributed by atoms with E-state index < -0.39 is 5.41 Å². The highest BCUT2D eigenvalue weighted by molar-refractivity contribution is 7.80. The SMILES string of the molecule is CCC(CC)(C(=O)Nc1cc(C)ccc1OC)C(N)=S. The highest BCUT2D eigenvalue weighted by Crippen LogP contribution is 2.32. The quantitative estimate of drug-likeness (QED) is 0.792. The molecule has 1 amide bonds. The van der Waals surface area contributed by atoms with Gasteiger partial charge in [0, 0.05) is 0 Å². The van der Waals surface area contributed by atoms with E-state index in [1.54, 1.807) is 7.11 Å². The molecule has 0 heterocycles. The third-order valence-corrected chi connectivity index (χ3v) is 4.11. The Balaban J connectivity index is 3.11. The summed E-state index contributed by atoms with van der Waals surface area (Å²) >= 11 is 5.09. The van der Waals surface area contributed by atoms with E-state index in [2.05, 4.69) is 5.32 Å². The Bertz CT molecular complexity index is 511. The van der Waals surface area contributed by atoms with Crippen molar-refractivity contribution in [1.82, 2.24) is 0 Å². The fourth-order valence-electron chi connectivity index (χ4n) is 2.19. The maximum Gasteiger partial charge on any atom is 0.237 e. The molecular weight excluding hydrogens is 272 g/mol. The van der Waals surface area contributed by atoms with Gasteiger partial charge >= 0.3 is 0 Å². The van der Waals surface area contributed by atoms with Gasteiger partial charge < -0.3 is 15.8 Å². The maximum absolute atomic E-state index is 12.6. The second-order valence-corrected chi connectivity index (χ2v) is 5.25. The minimum Gasteiger partial charge on any atom is -0.495 e. The van der Waals surface area contributed by atoms with Crippen LogP contribution >= 0.6 is 12.2 Å². The number of aryl methyl sites for hydroxylation is 1. The minimum absolute atomic E-state index is 0.182. The summed E-state index contributed by atoms with van der Waals surface area (Å²) in [4.78, 5) is 12.8. The molecule has 0 unspecified atom stereocenters. The molecule has 1 aromatic rings. The summed E-state index contributed by atoms with van der Waals surface area (Å²) in [6.07, 6.45) is 1.14. The maximum atomic E-state index is 12.6. The van der Waals surface area contributed by atoms with E-state index in [9.17, 15) is 4.79 Å². The standard InChI is InChI=1S/C15H22N2O2S/c1-5-15(6-2,13(16)20)14(18)17-11-9-10(3)7-8-12(11)19-4/h7-9H,5-6H2,1-4H3,(H2,16,20)(H,17,18). The van der Waals surface area contributed by atoms with Crippen LogP contribution in [0.2, 0.25) is 0 Å². The molecule has 0 atom stereocenters. The summed E-state index contributed by atoms with van der Waals surface area (Å²) in [5.41, 5.74) is 6.65. The number of nitrogens with one attached hydrogen (secondary N) is 1. The van der Waals surface area contributed by atoms with Crippen LogP contribution in [0.5, 0.6) is 5.75 Å². The van der Waals surface area contributed by atoms with Crippen molar-refractivity contribution in [2.24, 2.45) is 11.1 Å². The molecule has 0 saturated heterocycles. The number of anilines is 1. The van der Waals surface area contributed by atoms with Gasteiger partial charge in [-0.25, -0.2) is 0 Å². The van der Waals surface area contributed by atoms with E-state index in [0.29, 0.717) is 24.3 Å². The summed E-state index contributed by atoms with van der Waals surface area (Å²) in [7, 11) is 1.57. The Kier molecular flexibility index (Phi) is 5.51. The van der Waals surface area contributed by atoms with Crippen LogP contribution in [-0.4, -0.2) is 18.0 Å². The second-order valence-electron chi connectivity index (χ2n) is 4.81. The molecule has 1 aromatic carbocycles. The number of methoxy groups -OCH3 is 1. The highest BCUT2D eigenvalue weighted by atomic mass is 32.1. The monoisotopic (exact) mass is 294 g/mol. The lowest BCUT2D eigenvalue weighted by molar-refractivity contribution is -0.122. The predicted octanol–water partition coefficient (Wildman–Crippen LogP) is 3.03. The first kappa shape index (κ1) is 16.4. The number of hydrogen-bond acceptors (Lipinski definition) is 3. The highest BCUT2D eigenvalue weighted by Gasteiger charge is 2.38.